The summed E-state index contributed by atoms with van der Waals surface area (Å²) >= 11 is 1.71. The predicted octanol–water partition coefficient (Wildman–Crippen LogP) is 3.01. The van der Waals surface area contributed by atoms with Crippen LogP contribution in [0.2, 0.25) is 0 Å². The fraction of sp³-hybridized carbons (Fsp3) is 0.263. The van der Waals surface area contributed by atoms with Gasteiger partial charge in [0.2, 0.25) is 0 Å². The topological polar surface area (TPSA) is 30.2 Å². The monoisotopic (exact) mass is 339 g/mol. The van der Waals surface area contributed by atoms with Crippen molar-refractivity contribution in [3.8, 4) is 10.7 Å². The van der Waals surface area contributed by atoms with Gasteiger partial charge in [0.05, 0.1) is 14.8 Å². The van der Waals surface area contributed by atoms with E-state index >= 15 is 0 Å². The minimum atomic E-state index is -0.118. The maximum atomic E-state index is 14.2. The van der Waals surface area contributed by atoms with E-state index in [1.54, 1.807) is 23.6 Å². The number of benzene rings is 1. The van der Waals surface area contributed by atoms with Crippen molar-refractivity contribution in [3.63, 3.8) is 0 Å². The molecule has 0 amide bonds. The predicted molar refractivity (Wildman–Crippen MR) is 95.0 cm³/mol. The van der Waals surface area contributed by atoms with E-state index in [4.69, 9.17) is 0 Å². The second-order valence-corrected chi connectivity index (χ2v) is 7.25. The molecular formula is C19H18FN3S. The number of aryl methyl sites for hydroxylation is 2. The molecule has 3 aromatic rings. The van der Waals surface area contributed by atoms with Crippen molar-refractivity contribution in [2.24, 2.45) is 12.0 Å². The first-order valence-electron chi connectivity index (χ1n) is 8.01. The summed E-state index contributed by atoms with van der Waals surface area (Å²) < 4.78 is 17.4. The van der Waals surface area contributed by atoms with Gasteiger partial charge >= 0.3 is 0 Å². The zero-order valence-corrected chi connectivity index (χ0v) is 14.5. The molecule has 0 N–H and O–H groups in total. The Morgan fingerprint density at radius 1 is 1.29 bits per heavy atom. The van der Waals surface area contributed by atoms with Crippen LogP contribution in [-0.4, -0.2) is 16.1 Å². The summed E-state index contributed by atoms with van der Waals surface area (Å²) in [6, 6.07) is 7.59. The molecular weight excluding hydrogens is 321 g/mol. The highest BCUT2D eigenvalue weighted by Gasteiger charge is 2.14. The Balaban J connectivity index is 1.80. The molecule has 0 aliphatic carbocycles. The molecule has 3 heterocycles. The normalized spacial score (nSPS) is 13.7. The first kappa shape index (κ1) is 15.3. The second-order valence-electron chi connectivity index (χ2n) is 6.19. The van der Waals surface area contributed by atoms with Gasteiger partial charge in [0.1, 0.15) is 11.6 Å². The number of thiophene rings is 1. The molecule has 4 rings (SSSR count). The molecule has 5 heteroatoms. The molecule has 1 aliphatic heterocycles. The van der Waals surface area contributed by atoms with Crippen molar-refractivity contribution >= 4 is 16.9 Å². The molecule has 0 atom stereocenters. The summed E-state index contributed by atoms with van der Waals surface area (Å²) in [5, 5.41) is 1.02. The quantitative estimate of drug-likeness (QED) is 0.721. The molecule has 1 aromatic carbocycles. The van der Waals surface area contributed by atoms with Crippen LogP contribution in [-0.2, 0) is 13.5 Å². The maximum Gasteiger partial charge on any atom is 0.149 e. The van der Waals surface area contributed by atoms with Crippen molar-refractivity contribution in [1.29, 1.82) is 0 Å². The molecule has 122 valence electrons. The molecule has 2 aromatic heterocycles. The van der Waals surface area contributed by atoms with E-state index in [0.29, 0.717) is 6.42 Å². The minimum absolute atomic E-state index is 0.118. The van der Waals surface area contributed by atoms with Gasteiger partial charge in [0.15, 0.2) is 0 Å². The molecule has 0 bridgehead atoms. The van der Waals surface area contributed by atoms with Gasteiger partial charge < -0.3 is 4.57 Å². The zero-order valence-electron chi connectivity index (χ0n) is 13.7. The fourth-order valence-electron chi connectivity index (χ4n) is 3.08. The summed E-state index contributed by atoms with van der Waals surface area (Å²) in [5.41, 5.74) is 2.98. The number of fused-ring (bicyclic) bond motifs is 1. The van der Waals surface area contributed by atoms with Crippen LogP contribution in [0.15, 0.2) is 41.7 Å². The van der Waals surface area contributed by atoms with Gasteiger partial charge in [-0.15, -0.1) is 11.3 Å². The molecule has 0 unspecified atom stereocenters. The van der Waals surface area contributed by atoms with E-state index < -0.39 is 0 Å². The largest absolute Gasteiger partial charge is 0.333 e. The lowest BCUT2D eigenvalue weighted by molar-refractivity contribution is 0.613. The third kappa shape index (κ3) is 2.69. The van der Waals surface area contributed by atoms with Gasteiger partial charge in [-0.2, -0.15) is 0 Å². The Morgan fingerprint density at radius 2 is 2.17 bits per heavy atom. The molecule has 1 aliphatic rings. The van der Waals surface area contributed by atoms with E-state index in [1.807, 2.05) is 36.9 Å². The Morgan fingerprint density at radius 3 is 2.92 bits per heavy atom. The number of rotatable bonds is 3. The summed E-state index contributed by atoms with van der Waals surface area (Å²) in [7, 11) is 1.99. The van der Waals surface area contributed by atoms with Crippen LogP contribution in [0.5, 0.6) is 0 Å². The summed E-state index contributed by atoms with van der Waals surface area (Å²) in [5.74, 6) is 0.831. The first-order chi connectivity index (χ1) is 11.6. The Labute approximate surface area is 143 Å². The third-order valence-electron chi connectivity index (χ3n) is 4.38. The number of halogens is 1. The van der Waals surface area contributed by atoms with Gasteiger partial charge in [-0.1, -0.05) is 12.1 Å². The average Bonchev–Trinajstić information content (AvgIpc) is 3.16. The van der Waals surface area contributed by atoms with Gasteiger partial charge in [-0.25, -0.2) is 9.37 Å². The van der Waals surface area contributed by atoms with Crippen LogP contribution >= 0.6 is 11.3 Å². The summed E-state index contributed by atoms with van der Waals surface area (Å²) in [4.78, 5) is 10.2. The van der Waals surface area contributed by atoms with Crippen LogP contribution in [0.4, 0.5) is 4.39 Å². The molecule has 3 nitrogen and oxygen atoms in total. The highest BCUT2D eigenvalue weighted by Crippen LogP contribution is 2.22. The lowest BCUT2D eigenvalue weighted by Crippen LogP contribution is -2.26. The summed E-state index contributed by atoms with van der Waals surface area (Å²) in [6.07, 6.45) is 5.28. The number of aromatic nitrogens is 2. The number of hydrogen-bond acceptors (Lipinski definition) is 3. The number of hydrogen-bond donors (Lipinski definition) is 0. The van der Waals surface area contributed by atoms with Gasteiger partial charge in [-0.05, 0) is 48.6 Å². The second kappa shape index (κ2) is 5.98. The molecule has 0 radical (unpaired) electrons. The lowest BCUT2D eigenvalue weighted by Gasteiger charge is -2.10. The van der Waals surface area contributed by atoms with Gasteiger partial charge in [0.25, 0.3) is 0 Å². The van der Waals surface area contributed by atoms with Crippen molar-refractivity contribution in [2.45, 2.75) is 19.8 Å². The van der Waals surface area contributed by atoms with Crippen molar-refractivity contribution < 1.29 is 4.39 Å². The molecule has 0 spiro atoms. The summed E-state index contributed by atoms with van der Waals surface area (Å²) in [6.45, 7) is 2.68. The lowest BCUT2D eigenvalue weighted by atomic mass is 10.00. The van der Waals surface area contributed by atoms with Crippen LogP contribution in [0, 0.1) is 12.7 Å². The highest BCUT2D eigenvalue weighted by molar-refractivity contribution is 7.13. The Hall–Kier alpha value is -2.27. The van der Waals surface area contributed by atoms with Crippen molar-refractivity contribution in [1.82, 2.24) is 9.55 Å². The highest BCUT2D eigenvalue weighted by atomic mass is 32.1. The zero-order chi connectivity index (χ0) is 16.7. The number of nitrogens with zero attached hydrogens (tertiary/aromatic N) is 3. The van der Waals surface area contributed by atoms with Crippen LogP contribution < -0.4 is 9.89 Å². The van der Waals surface area contributed by atoms with Crippen LogP contribution in [0.25, 0.3) is 16.3 Å². The standard InChI is InChI=1S/C19H18FN3S/c1-12-3-4-13(15(20)9-12)10-14-5-6-21-16-11-17(24-18(14)16)19-22-7-8-23(19)2/h3-4,7-9,11H,5-6,10H2,1-2H3. The van der Waals surface area contributed by atoms with Gasteiger partial charge in [-0.3, -0.25) is 4.99 Å². The third-order valence-corrected chi connectivity index (χ3v) is 5.61. The average molecular weight is 339 g/mol. The van der Waals surface area contributed by atoms with Gasteiger partial charge in [0, 0.05) is 26.0 Å². The van der Waals surface area contributed by atoms with E-state index in [0.717, 1.165) is 40.2 Å². The SMILES string of the molecule is Cc1ccc(CC2=c3sc(-c4nccn4C)cc3=NCC2)c(F)c1. The van der Waals surface area contributed by atoms with Crippen LogP contribution in [0.3, 0.4) is 0 Å². The smallest absolute Gasteiger partial charge is 0.149 e. The Bertz CT molecular complexity index is 1030. The van der Waals surface area contributed by atoms with Crippen molar-refractivity contribution in [3.05, 3.63) is 63.5 Å². The molecule has 0 fully saturated rings. The van der Waals surface area contributed by atoms with E-state index in [2.05, 4.69) is 16.0 Å². The molecule has 0 saturated heterocycles. The van der Waals surface area contributed by atoms with E-state index in [9.17, 15) is 4.39 Å². The molecule has 0 saturated carbocycles. The minimum Gasteiger partial charge on any atom is -0.333 e. The van der Waals surface area contributed by atoms with E-state index in [-0.39, 0.29) is 5.82 Å². The van der Waals surface area contributed by atoms with Crippen LogP contribution in [0.1, 0.15) is 17.5 Å². The Kier molecular flexibility index (Phi) is 3.81. The van der Waals surface area contributed by atoms with E-state index in [1.165, 1.54) is 10.1 Å². The maximum absolute atomic E-state index is 14.2. The number of imidazole rings is 1. The van der Waals surface area contributed by atoms with Crippen molar-refractivity contribution in [2.75, 3.05) is 6.54 Å². The fourth-order valence-corrected chi connectivity index (χ4v) is 4.31. The first-order valence-corrected chi connectivity index (χ1v) is 8.82. The molecule has 24 heavy (non-hydrogen) atoms.